The minimum absolute atomic E-state index is 0.0176. The van der Waals surface area contributed by atoms with Crippen molar-refractivity contribution in [3.8, 4) is 0 Å². The van der Waals surface area contributed by atoms with Gasteiger partial charge in [-0.2, -0.15) is 0 Å². The molecule has 0 aromatic heterocycles. The molecule has 136 valence electrons. The van der Waals surface area contributed by atoms with Crippen LogP contribution >= 0.6 is 0 Å². The topological polar surface area (TPSA) is 61.4 Å². The van der Waals surface area contributed by atoms with E-state index in [4.69, 9.17) is 0 Å². The standard InChI is InChI=1S/C21H25N3O2/c1-3-15(2)23-21(26)22-14-16-9-10-17-11-12-24(19(17)13-16)20(25)18-7-5-4-6-8-18/h4-10,13,15H,3,11-12,14H2,1-2H3,(H2,22,23,26)/t15-/m1/s1. The first-order valence-corrected chi connectivity index (χ1v) is 9.11. The van der Waals surface area contributed by atoms with Gasteiger partial charge >= 0.3 is 6.03 Å². The maximum absolute atomic E-state index is 12.8. The Morgan fingerprint density at radius 1 is 1.15 bits per heavy atom. The molecular weight excluding hydrogens is 326 g/mol. The van der Waals surface area contributed by atoms with E-state index in [0.717, 1.165) is 24.1 Å². The van der Waals surface area contributed by atoms with Crippen LogP contribution in [0.3, 0.4) is 0 Å². The number of urea groups is 1. The molecule has 0 bridgehead atoms. The summed E-state index contributed by atoms with van der Waals surface area (Å²) in [6.45, 7) is 5.13. The summed E-state index contributed by atoms with van der Waals surface area (Å²) in [7, 11) is 0. The predicted molar refractivity (Wildman–Crippen MR) is 103 cm³/mol. The highest BCUT2D eigenvalue weighted by Crippen LogP contribution is 2.30. The molecule has 3 rings (SSSR count). The zero-order valence-corrected chi connectivity index (χ0v) is 15.3. The molecule has 26 heavy (non-hydrogen) atoms. The van der Waals surface area contributed by atoms with Crippen molar-refractivity contribution in [3.05, 3.63) is 65.2 Å². The van der Waals surface area contributed by atoms with Gasteiger partial charge in [0.1, 0.15) is 0 Å². The predicted octanol–water partition coefficient (Wildman–Crippen LogP) is 3.49. The number of fused-ring (bicyclic) bond motifs is 1. The van der Waals surface area contributed by atoms with E-state index < -0.39 is 0 Å². The minimum Gasteiger partial charge on any atom is -0.336 e. The van der Waals surface area contributed by atoms with Crippen LogP contribution in [-0.2, 0) is 13.0 Å². The van der Waals surface area contributed by atoms with E-state index in [1.807, 2.05) is 61.2 Å². The number of benzene rings is 2. The van der Waals surface area contributed by atoms with E-state index >= 15 is 0 Å². The lowest BCUT2D eigenvalue weighted by atomic mass is 10.1. The Kier molecular flexibility index (Phi) is 5.56. The van der Waals surface area contributed by atoms with E-state index in [9.17, 15) is 9.59 Å². The van der Waals surface area contributed by atoms with Gasteiger partial charge in [0.05, 0.1) is 0 Å². The van der Waals surface area contributed by atoms with Crippen molar-refractivity contribution in [3.63, 3.8) is 0 Å². The lowest BCUT2D eigenvalue weighted by molar-refractivity contribution is 0.0989. The van der Waals surface area contributed by atoms with E-state index in [1.165, 1.54) is 5.56 Å². The van der Waals surface area contributed by atoms with Crippen molar-refractivity contribution < 1.29 is 9.59 Å². The van der Waals surface area contributed by atoms with Crippen LogP contribution < -0.4 is 15.5 Å². The first-order chi connectivity index (χ1) is 12.6. The van der Waals surface area contributed by atoms with Gasteiger partial charge in [-0.3, -0.25) is 4.79 Å². The number of rotatable bonds is 5. The van der Waals surface area contributed by atoms with Crippen molar-refractivity contribution in [2.45, 2.75) is 39.3 Å². The van der Waals surface area contributed by atoms with Crippen molar-refractivity contribution in [1.82, 2.24) is 10.6 Å². The van der Waals surface area contributed by atoms with Crippen LogP contribution in [0.4, 0.5) is 10.5 Å². The Bertz CT molecular complexity index is 789. The number of carbonyl (C=O) groups is 2. The quantitative estimate of drug-likeness (QED) is 0.866. The minimum atomic E-state index is -0.169. The average molecular weight is 351 g/mol. The monoisotopic (exact) mass is 351 g/mol. The number of nitrogens with one attached hydrogen (secondary N) is 2. The highest BCUT2D eigenvalue weighted by atomic mass is 16.2. The van der Waals surface area contributed by atoms with Crippen LogP contribution in [0.5, 0.6) is 0 Å². The number of hydrogen-bond donors (Lipinski definition) is 2. The van der Waals surface area contributed by atoms with E-state index in [-0.39, 0.29) is 18.0 Å². The summed E-state index contributed by atoms with van der Waals surface area (Å²) in [6.07, 6.45) is 1.75. The molecule has 0 fully saturated rings. The molecule has 1 aliphatic rings. The summed E-state index contributed by atoms with van der Waals surface area (Å²) in [4.78, 5) is 26.5. The molecular formula is C21H25N3O2. The molecule has 2 aromatic carbocycles. The first-order valence-electron chi connectivity index (χ1n) is 9.11. The number of carbonyl (C=O) groups excluding carboxylic acids is 2. The molecule has 0 saturated heterocycles. The van der Waals surface area contributed by atoms with Gasteiger partial charge in [0, 0.05) is 30.4 Å². The molecule has 1 heterocycles. The Balaban J connectivity index is 1.69. The van der Waals surface area contributed by atoms with Crippen LogP contribution in [0.1, 0.15) is 41.8 Å². The van der Waals surface area contributed by atoms with Gasteiger partial charge in [0.25, 0.3) is 5.91 Å². The highest BCUT2D eigenvalue weighted by molar-refractivity contribution is 6.07. The van der Waals surface area contributed by atoms with Crippen LogP contribution in [0.2, 0.25) is 0 Å². The number of amides is 3. The van der Waals surface area contributed by atoms with Crippen LogP contribution in [0.15, 0.2) is 48.5 Å². The largest absolute Gasteiger partial charge is 0.336 e. The number of hydrogen-bond acceptors (Lipinski definition) is 2. The summed E-state index contributed by atoms with van der Waals surface area (Å²) < 4.78 is 0. The molecule has 5 heteroatoms. The van der Waals surface area contributed by atoms with Gasteiger partial charge in [0.15, 0.2) is 0 Å². The maximum Gasteiger partial charge on any atom is 0.315 e. The highest BCUT2D eigenvalue weighted by Gasteiger charge is 2.25. The van der Waals surface area contributed by atoms with Crippen LogP contribution in [-0.4, -0.2) is 24.5 Å². The van der Waals surface area contributed by atoms with Crippen molar-refractivity contribution in [1.29, 1.82) is 0 Å². The fourth-order valence-electron chi connectivity index (χ4n) is 3.04. The molecule has 1 aliphatic heterocycles. The average Bonchev–Trinajstić information content (AvgIpc) is 3.09. The van der Waals surface area contributed by atoms with Gasteiger partial charge in [-0.05, 0) is 49.1 Å². The van der Waals surface area contributed by atoms with E-state index in [0.29, 0.717) is 18.7 Å². The van der Waals surface area contributed by atoms with Crippen molar-refractivity contribution in [2.75, 3.05) is 11.4 Å². The molecule has 5 nitrogen and oxygen atoms in total. The third-order valence-electron chi connectivity index (χ3n) is 4.75. The van der Waals surface area contributed by atoms with Crippen LogP contribution in [0.25, 0.3) is 0 Å². The first kappa shape index (κ1) is 18.0. The molecule has 1 atom stereocenters. The molecule has 3 amide bonds. The lowest BCUT2D eigenvalue weighted by Gasteiger charge is -2.18. The second kappa shape index (κ2) is 8.04. The molecule has 2 N–H and O–H groups in total. The summed E-state index contributed by atoms with van der Waals surface area (Å²) in [5, 5.41) is 5.76. The van der Waals surface area contributed by atoms with Gasteiger partial charge in [0.2, 0.25) is 0 Å². The van der Waals surface area contributed by atoms with Crippen molar-refractivity contribution >= 4 is 17.6 Å². The Hall–Kier alpha value is -2.82. The number of anilines is 1. The normalized spacial score (nSPS) is 13.8. The molecule has 0 spiro atoms. The summed E-state index contributed by atoms with van der Waals surface area (Å²) in [5.41, 5.74) is 3.79. The molecule has 0 unspecified atom stereocenters. The Morgan fingerprint density at radius 2 is 1.92 bits per heavy atom. The van der Waals surface area contributed by atoms with Gasteiger partial charge in [-0.25, -0.2) is 4.79 Å². The fraction of sp³-hybridized carbons (Fsp3) is 0.333. The second-order valence-corrected chi connectivity index (χ2v) is 6.67. The zero-order valence-electron chi connectivity index (χ0n) is 15.3. The molecule has 0 aliphatic carbocycles. The van der Waals surface area contributed by atoms with Crippen molar-refractivity contribution in [2.24, 2.45) is 0 Å². The lowest BCUT2D eigenvalue weighted by Crippen LogP contribution is -2.40. The molecule has 0 radical (unpaired) electrons. The SMILES string of the molecule is CC[C@@H](C)NC(=O)NCc1ccc2c(c1)N(C(=O)c1ccccc1)CC2. The third kappa shape index (κ3) is 4.04. The molecule has 0 saturated carbocycles. The number of nitrogens with zero attached hydrogens (tertiary/aromatic N) is 1. The van der Waals surface area contributed by atoms with Gasteiger partial charge in [-0.15, -0.1) is 0 Å². The smallest absolute Gasteiger partial charge is 0.315 e. The molecule has 2 aromatic rings. The summed E-state index contributed by atoms with van der Waals surface area (Å²) in [6, 6.07) is 15.4. The fourth-order valence-corrected chi connectivity index (χ4v) is 3.04. The third-order valence-corrected chi connectivity index (χ3v) is 4.75. The summed E-state index contributed by atoms with van der Waals surface area (Å²) >= 11 is 0. The van der Waals surface area contributed by atoms with E-state index in [1.54, 1.807) is 0 Å². The summed E-state index contributed by atoms with van der Waals surface area (Å²) in [5.74, 6) is 0.0176. The maximum atomic E-state index is 12.8. The van der Waals surface area contributed by atoms with Gasteiger partial charge in [-0.1, -0.05) is 37.3 Å². The van der Waals surface area contributed by atoms with Gasteiger partial charge < -0.3 is 15.5 Å². The van der Waals surface area contributed by atoms with Crippen LogP contribution in [0, 0.1) is 0 Å². The zero-order chi connectivity index (χ0) is 18.5. The van der Waals surface area contributed by atoms with E-state index in [2.05, 4.69) is 16.7 Å². The second-order valence-electron chi connectivity index (χ2n) is 6.67. The Morgan fingerprint density at radius 3 is 2.65 bits per heavy atom. The Labute approximate surface area is 154 Å².